The molecule has 6 rings (SSSR count). The highest BCUT2D eigenvalue weighted by molar-refractivity contribution is 5.94. The number of aromatic nitrogens is 6. The van der Waals surface area contributed by atoms with E-state index in [-0.39, 0.29) is 12.0 Å². The summed E-state index contributed by atoms with van der Waals surface area (Å²) in [5.41, 5.74) is 3.81. The van der Waals surface area contributed by atoms with E-state index in [1.54, 1.807) is 10.9 Å². The fourth-order valence-corrected chi connectivity index (χ4v) is 4.31. The second-order valence-electron chi connectivity index (χ2n) is 8.26. The van der Waals surface area contributed by atoms with Crippen molar-refractivity contribution in [2.45, 2.75) is 25.5 Å². The normalized spacial score (nSPS) is 16.6. The summed E-state index contributed by atoms with van der Waals surface area (Å²) < 4.78 is 17.5. The number of nitrogens with zero attached hydrogens (tertiary/aromatic N) is 6. The molecular weight excluding hydrogens is 424 g/mol. The predicted octanol–water partition coefficient (Wildman–Crippen LogP) is 2.00. The minimum Gasteiger partial charge on any atom is -0.473 e. The molecule has 0 aliphatic carbocycles. The fourth-order valence-electron chi connectivity index (χ4n) is 4.31. The first kappa shape index (κ1) is 19.8. The summed E-state index contributed by atoms with van der Waals surface area (Å²) in [6.45, 7) is 2.69. The number of nitrogens with one attached hydrogen (secondary N) is 2. The van der Waals surface area contributed by atoms with E-state index in [0.29, 0.717) is 37.3 Å². The maximum atomic E-state index is 12.1. The molecule has 1 fully saturated rings. The molecule has 0 unspecified atom stereocenters. The quantitative estimate of drug-likeness (QED) is 0.480. The lowest BCUT2D eigenvalue weighted by molar-refractivity contribution is 0.0243. The van der Waals surface area contributed by atoms with E-state index in [2.05, 4.69) is 15.7 Å². The molecule has 6 heterocycles. The number of ether oxygens (including phenoxy) is 2. The topological polar surface area (TPSA) is 113 Å². The Balaban J connectivity index is 1.39. The minimum absolute atomic E-state index is 0.0208. The largest absolute Gasteiger partial charge is 0.473 e. The lowest BCUT2D eigenvalue weighted by Crippen LogP contribution is -2.34. The maximum absolute atomic E-state index is 12.1. The molecule has 0 spiro atoms. The molecule has 0 saturated carbocycles. The van der Waals surface area contributed by atoms with Gasteiger partial charge in [-0.2, -0.15) is 10.1 Å². The number of carbonyl (C=O) groups excluding carboxylic acids is 1. The summed E-state index contributed by atoms with van der Waals surface area (Å²) in [5, 5.41) is 10.4. The van der Waals surface area contributed by atoms with Crippen molar-refractivity contribution in [3.8, 4) is 11.6 Å². The number of amides is 1. The van der Waals surface area contributed by atoms with E-state index < -0.39 is 0 Å². The van der Waals surface area contributed by atoms with Crippen molar-refractivity contribution in [1.29, 1.82) is 0 Å². The molecule has 2 aliphatic heterocycles. The van der Waals surface area contributed by atoms with Crippen molar-refractivity contribution in [1.82, 2.24) is 34.2 Å². The Morgan fingerprint density at radius 3 is 2.91 bits per heavy atom. The van der Waals surface area contributed by atoms with Crippen molar-refractivity contribution >= 4 is 28.6 Å². The highest BCUT2D eigenvalue weighted by atomic mass is 16.5. The van der Waals surface area contributed by atoms with Gasteiger partial charge in [0.25, 0.3) is 5.91 Å². The van der Waals surface area contributed by atoms with Gasteiger partial charge in [-0.05, 0) is 12.1 Å². The summed E-state index contributed by atoms with van der Waals surface area (Å²) in [5.74, 6) is 0.838. The third-order valence-corrected chi connectivity index (χ3v) is 5.94. The number of hydrogen-bond donors (Lipinski definition) is 2. The average Bonchev–Trinajstić information content (AvgIpc) is 3.53. The molecular formula is C22H24N8O3. The molecule has 1 amide bonds. The van der Waals surface area contributed by atoms with E-state index in [9.17, 15) is 4.79 Å². The second kappa shape index (κ2) is 7.93. The average molecular weight is 448 g/mol. The van der Waals surface area contributed by atoms with E-state index in [0.717, 1.165) is 41.8 Å². The van der Waals surface area contributed by atoms with Crippen molar-refractivity contribution in [2.24, 2.45) is 7.05 Å². The van der Waals surface area contributed by atoms with Crippen LogP contribution in [0.3, 0.4) is 0 Å². The van der Waals surface area contributed by atoms with E-state index in [4.69, 9.17) is 19.4 Å². The molecule has 0 radical (unpaired) electrons. The van der Waals surface area contributed by atoms with Crippen LogP contribution in [-0.4, -0.2) is 60.7 Å². The Morgan fingerprint density at radius 2 is 2.12 bits per heavy atom. The van der Waals surface area contributed by atoms with Crippen molar-refractivity contribution in [3.05, 3.63) is 42.6 Å². The van der Waals surface area contributed by atoms with Gasteiger partial charge in [0.2, 0.25) is 11.8 Å². The standard InChI is InChI=1S/C22H24N8O3/c1-28-13-15(11-24-28)30-6-2-17-19(30)21(33-16-3-8-32-9-4-16)27-22(26-17)25-14-10-18-20(31)23-5-7-29(18)12-14/h2,6,10-13,16H,3-5,7-9H2,1H3,(H,23,31)(H,25,26,27). The second-order valence-corrected chi connectivity index (χ2v) is 8.26. The van der Waals surface area contributed by atoms with Crippen LogP contribution in [0.25, 0.3) is 16.7 Å². The van der Waals surface area contributed by atoms with Crippen LogP contribution in [0.5, 0.6) is 5.88 Å². The van der Waals surface area contributed by atoms with E-state index in [1.807, 2.05) is 46.9 Å². The SMILES string of the molecule is Cn1cc(-n2ccc3nc(Nc4cc5n(c4)CCNC5=O)nc(OC4CCOCC4)c32)cn1. The van der Waals surface area contributed by atoms with Crippen LogP contribution in [0.15, 0.2) is 36.9 Å². The van der Waals surface area contributed by atoms with Gasteiger partial charge in [0.1, 0.15) is 17.3 Å². The Hall–Kier alpha value is -3.86. The van der Waals surface area contributed by atoms with Crippen molar-refractivity contribution in [2.75, 3.05) is 25.1 Å². The molecule has 2 aliphatic rings. The van der Waals surface area contributed by atoms with Gasteiger partial charge in [0, 0.05) is 51.6 Å². The lowest BCUT2D eigenvalue weighted by atomic mass is 10.1. The number of aryl methyl sites for hydroxylation is 1. The van der Waals surface area contributed by atoms with Crippen LogP contribution in [0.2, 0.25) is 0 Å². The first-order chi connectivity index (χ1) is 16.1. The van der Waals surface area contributed by atoms with Crippen LogP contribution in [-0.2, 0) is 18.3 Å². The zero-order chi connectivity index (χ0) is 22.4. The summed E-state index contributed by atoms with van der Waals surface area (Å²) in [6.07, 6.45) is 9.21. The van der Waals surface area contributed by atoms with Crippen LogP contribution < -0.4 is 15.4 Å². The van der Waals surface area contributed by atoms with Crippen LogP contribution >= 0.6 is 0 Å². The third kappa shape index (κ3) is 3.69. The smallest absolute Gasteiger partial charge is 0.268 e. The van der Waals surface area contributed by atoms with Gasteiger partial charge in [-0.15, -0.1) is 0 Å². The minimum atomic E-state index is -0.0808. The van der Waals surface area contributed by atoms with Gasteiger partial charge in [-0.25, -0.2) is 4.98 Å². The van der Waals surface area contributed by atoms with Gasteiger partial charge in [0.15, 0.2) is 0 Å². The number of rotatable bonds is 5. The van der Waals surface area contributed by atoms with Crippen LogP contribution in [0.4, 0.5) is 11.6 Å². The van der Waals surface area contributed by atoms with Gasteiger partial charge < -0.3 is 29.2 Å². The molecule has 4 aromatic rings. The first-order valence-electron chi connectivity index (χ1n) is 11.0. The van der Waals surface area contributed by atoms with Gasteiger partial charge in [0.05, 0.1) is 36.3 Å². The summed E-state index contributed by atoms with van der Waals surface area (Å²) in [4.78, 5) is 21.6. The summed E-state index contributed by atoms with van der Waals surface area (Å²) in [7, 11) is 1.88. The maximum Gasteiger partial charge on any atom is 0.268 e. The molecule has 11 heteroatoms. The Labute approximate surface area is 189 Å². The number of anilines is 2. The van der Waals surface area contributed by atoms with Crippen LogP contribution in [0.1, 0.15) is 23.3 Å². The predicted molar refractivity (Wildman–Crippen MR) is 120 cm³/mol. The first-order valence-corrected chi connectivity index (χ1v) is 11.0. The Morgan fingerprint density at radius 1 is 1.24 bits per heavy atom. The highest BCUT2D eigenvalue weighted by Crippen LogP contribution is 2.31. The molecule has 0 atom stereocenters. The lowest BCUT2D eigenvalue weighted by Gasteiger charge is -2.23. The zero-order valence-corrected chi connectivity index (χ0v) is 18.2. The molecule has 1 saturated heterocycles. The third-order valence-electron chi connectivity index (χ3n) is 5.94. The molecule has 33 heavy (non-hydrogen) atoms. The summed E-state index contributed by atoms with van der Waals surface area (Å²) in [6, 6.07) is 3.74. The van der Waals surface area contributed by atoms with E-state index in [1.165, 1.54) is 0 Å². The van der Waals surface area contributed by atoms with Crippen molar-refractivity contribution < 1.29 is 14.3 Å². The highest BCUT2D eigenvalue weighted by Gasteiger charge is 2.22. The van der Waals surface area contributed by atoms with Crippen LogP contribution in [0, 0.1) is 0 Å². The van der Waals surface area contributed by atoms with E-state index >= 15 is 0 Å². The molecule has 11 nitrogen and oxygen atoms in total. The monoisotopic (exact) mass is 448 g/mol. The molecule has 0 bridgehead atoms. The fraction of sp³-hybridized carbons (Fsp3) is 0.364. The number of hydrogen-bond acceptors (Lipinski definition) is 7. The molecule has 0 aromatic carbocycles. The van der Waals surface area contributed by atoms with Gasteiger partial charge in [-0.3, -0.25) is 9.48 Å². The summed E-state index contributed by atoms with van der Waals surface area (Å²) >= 11 is 0. The van der Waals surface area contributed by atoms with Gasteiger partial charge >= 0.3 is 0 Å². The molecule has 2 N–H and O–H groups in total. The van der Waals surface area contributed by atoms with Gasteiger partial charge in [-0.1, -0.05) is 0 Å². The number of fused-ring (bicyclic) bond motifs is 2. The van der Waals surface area contributed by atoms with Crippen molar-refractivity contribution in [3.63, 3.8) is 0 Å². The zero-order valence-electron chi connectivity index (χ0n) is 18.2. The molecule has 170 valence electrons. The Bertz CT molecular complexity index is 1330. The molecule has 4 aromatic heterocycles. The number of carbonyl (C=O) groups is 1. The Kier molecular flexibility index (Phi) is 4.75.